The molecule has 0 aliphatic rings. The molecule has 1 aromatic carbocycles. The molecule has 22 heavy (non-hydrogen) atoms. The first kappa shape index (κ1) is 16.0. The van der Waals surface area contributed by atoms with Crippen molar-refractivity contribution in [2.75, 3.05) is 24.1 Å². The molecular weight excluding hydrogens is 316 g/mol. The van der Waals surface area contributed by atoms with E-state index < -0.39 is 21.8 Å². The molecule has 2 N–H and O–H groups in total. The molecule has 2 aromatic rings. The number of nitrogens with one attached hydrogen (secondary N) is 2. The molecule has 0 aliphatic heterocycles. The minimum Gasteiger partial charge on any atom is -0.339 e. The van der Waals surface area contributed by atoms with Crippen molar-refractivity contribution in [3.8, 4) is 0 Å². The van der Waals surface area contributed by atoms with Crippen LogP contribution in [0.15, 0.2) is 30.3 Å². The largest absolute Gasteiger partial charge is 0.339 e. The van der Waals surface area contributed by atoms with E-state index in [1.807, 2.05) is 0 Å². The van der Waals surface area contributed by atoms with Crippen molar-refractivity contribution < 1.29 is 17.2 Å². The zero-order chi connectivity index (χ0) is 16.3. The molecule has 0 unspecified atom stereocenters. The molecule has 2 rings (SSSR count). The van der Waals surface area contributed by atoms with Gasteiger partial charge in [-0.05, 0) is 24.3 Å². The quantitative estimate of drug-likeness (QED) is 0.872. The van der Waals surface area contributed by atoms with Crippen LogP contribution in [0.4, 0.5) is 26.1 Å². The highest BCUT2D eigenvalue weighted by atomic mass is 32.2. The lowest BCUT2D eigenvalue weighted by molar-refractivity contribution is 0.509. The van der Waals surface area contributed by atoms with Crippen LogP contribution in [0.25, 0.3) is 0 Å². The van der Waals surface area contributed by atoms with Gasteiger partial charge in [0.1, 0.15) is 0 Å². The van der Waals surface area contributed by atoms with Crippen LogP contribution >= 0.6 is 0 Å². The van der Waals surface area contributed by atoms with Crippen LogP contribution in [0.1, 0.15) is 0 Å². The molecule has 1 aromatic heterocycles. The van der Waals surface area contributed by atoms with Crippen LogP contribution in [0.3, 0.4) is 0 Å². The normalized spacial score (nSPS) is 11.5. The molecule has 0 saturated carbocycles. The van der Waals surface area contributed by atoms with E-state index in [1.54, 1.807) is 0 Å². The van der Waals surface area contributed by atoms with Crippen molar-refractivity contribution >= 4 is 27.5 Å². The summed E-state index contributed by atoms with van der Waals surface area (Å²) in [5, 5.41) is 10.1. The lowest BCUT2D eigenvalue weighted by atomic mass is 10.3. The Balaban J connectivity index is 2.10. The Bertz CT molecular complexity index is 766. The minimum absolute atomic E-state index is 0.0320. The van der Waals surface area contributed by atoms with Crippen LogP contribution in [0, 0.1) is 11.6 Å². The van der Waals surface area contributed by atoms with Gasteiger partial charge in [0.2, 0.25) is 0 Å². The van der Waals surface area contributed by atoms with Gasteiger partial charge in [-0.3, -0.25) is 4.72 Å². The summed E-state index contributed by atoms with van der Waals surface area (Å²) in [5.41, 5.74) is 0.287. The molecule has 0 amide bonds. The van der Waals surface area contributed by atoms with E-state index in [2.05, 4.69) is 20.2 Å². The van der Waals surface area contributed by atoms with Gasteiger partial charge in [-0.1, -0.05) is 0 Å². The van der Waals surface area contributed by atoms with Gasteiger partial charge in [-0.25, -0.2) is 8.78 Å². The van der Waals surface area contributed by atoms with Gasteiger partial charge in [0.05, 0.1) is 0 Å². The fraction of sp³-hybridized carbons (Fsp3) is 0.167. The molecule has 0 spiro atoms. The SMILES string of the molecule is CN(C)S(=O)(=O)Nc1ccc(Nc2ccc(F)c(F)c2)nn1. The number of nitrogens with zero attached hydrogens (tertiary/aromatic N) is 3. The molecule has 0 fully saturated rings. The van der Waals surface area contributed by atoms with Crippen molar-refractivity contribution in [3.63, 3.8) is 0 Å². The Hall–Kier alpha value is -2.33. The second-order valence-corrected chi connectivity index (χ2v) is 6.33. The van der Waals surface area contributed by atoms with Crippen molar-refractivity contribution in [1.29, 1.82) is 0 Å². The second-order valence-electron chi connectivity index (χ2n) is 4.45. The molecule has 7 nitrogen and oxygen atoms in total. The predicted octanol–water partition coefficient (Wildman–Crippen LogP) is 1.72. The fourth-order valence-electron chi connectivity index (χ4n) is 1.40. The molecular formula is C12H13F2N5O2S. The summed E-state index contributed by atoms with van der Waals surface area (Å²) in [7, 11) is -0.925. The monoisotopic (exact) mass is 329 g/mol. The number of benzene rings is 1. The highest BCUT2D eigenvalue weighted by Gasteiger charge is 2.14. The van der Waals surface area contributed by atoms with E-state index in [0.29, 0.717) is 0 Å². The van der Waals surface area contributed by atoms with Gasteiger partial charge in [0.15, 0.2) is 23.3 Å². The van der Waals surface area contributed by atoms with Crippen LogP contribution < -0.4 is 10.0 Å². The molecule has 0 radical (unpaired) electrons. The maximum Gasteiger partial charge on any atom is 0.302 e. The molecule has 118 valence electrons. The standard InChI is InChI=1S/C12H13F2N5O2S/c1-19(2)22(20,21)18-12-6-5-11(16-17-12)15-8-3-4-9(13)10(14)7-8/h3-7H,1-2H3,(H,15,16)(H,17,18). The van der Waals surface area contributed by atoms with E-state index in [0.717, 1.165) is 16.4 Å². The smallest absolute Gasteiger partial charge is 0.302 e. The second kappa shape index (κ2) is 6.20. The van der Waals surface area contributed by atoms with Crippen LogP contribution in [0.5, 0.6) is 0 Å². The third-order valence-corrected chi connectivity index (χ3v) is 4.00. The zero-order valence-electron chi connectivity index (χ0n) is 11.7. The molecule has 0 bridgehead atoms. The van der Waals surface area contributed by atoms with Crippen LogP contribution in [-0.4, -0.2) is 37.0 Å². The van der Waals surface area contributed by atoms with Gasteiger partial charge in [0, 0.05) is 25.8 Å². The first-order valence-electron chi connectivity index (χ1n) is 6.04. The lowest BCUT2D eigenvalue weighted by Crippen LogP contribution is -2.29. The van der Waals surface area contributed by atoms with E-state index in [9.17, 15) is 17.2 Å². The van der Waals surface area contributed by atoms with Gasteiger partial charge in [-0.2, -0.15) is 12.7 Å². The number of anilines is 3. The van der Waals surface area contributed by atoms with Crippen molar-refractivity contribution in [3.05, 3.63) is 42.0 Å². The van der Waals surface area contributed by atoms with Crippen molar-refractivity contribution in [2.45, 2.75) is 0 Å². The predicted molar refractivity (Wildman–Crippen MR) is 77.9 cm³/mol. The van der Waals surface area contributed by atoms with Crippen molar-refractivity contribution in [2.24, 2.45) is 0 Å². The van der Waals surface area contributed by atoms with Crippen LogP contribution in [0.2, 0.25) is 0 Å². The molecule has 1 heterocycles. The zero-order valence-corrected chi connectivity index (χ0v) is 12.5. The Kier molecular flexibility index (Phi) is 4.52. The number of rotatable bonds is 5. The molecule has 0 atom stereocenters. The first-order chi connectivity index (χ1) is 10.3. The number of hydrogen-bond donors (Lipinski definition) is 2. The number of aromatic nitrogens is 2. The Morgan fingerprint density at radius 2 is 1.64 bits per heavy atom. The van der Waals surface area contributed by atoms with Gasteiger partial charge in [0.25, 0.3) is 0 Å². The summed E-state index contributed by atoms with van der Waals surface area (Å²) in [6.07, 6.45) is 0. The maximum absolute atomic E-state index is 13.1. The van der Waals surface area contributed by atoms with Gasteiger partial charge < -0.3 is 5.32 Å². The molecule has 0 saturated heterocycles. The van der Waals surface area contributed by atoms with Gasteiger partial charge >= 0.3 is 10.2 Å². The lowest BCUT2D eigenvalue weighted by Gasteiger charge is -2.12. The summed E-state index contributed by atoms with van der Waals surface area (Å²) in [4.78, 5) is 0. The van der Waals surface area contributed by atoms with E-state index in [4.69, 9.17) is 0 Å². The minimum atomic E-state index is -3.66. The highest BCUT2D eigenvalue weighted by Crippen LogP contribution is 2.18. The van der Waals surface area contributed by atoms with Crippen molar-refractivity contribution in [1.82, 2.24) is 14.5 Å². The first-order valence-corrected chi connectivity index (χ1v) is 7.48. The molecule has 0 aliphatic carbocycles. The highest BCUT2D eigenvalue weighted by molar-refractivity contribution is 7.90. The molecule has 10 heteroatoms. The fourth-order valence-corrected chi connectivity index (χ4v) is 1.95. The average Bonchev–Trinajstić information content (AvgIpc) is 2.44. The number of hydrogen-bond acceptors (Lipinski definition) is 5. The summed E-state index contributed by atoms with van der Waals surface area (Å²) < 4.78 is 52.3. The third-order valence-electron chi connectivity index (χ3n) is 2.57. The number of halogens is 2. The summed E-state index contributed by atoms with van der Waals surface area (Å²) in [5.74, 6) is -1.67. The third kappa shape index (κ3) is 3.86. The Morgan fingerprint density at radius 3 is 2.18 bits per heavy atom. The summed E-state index contributed by atoms with van der Waals surface area (Å²) >= 11 is 0. The van der Waals surface area contributed by atoms with E-state index in [-0.39, 0.29) is 17.3 Å². The Labute approximate surface area is 126 Å². The van der Waals surface area contributed by atoms with E-state index in [1.165, 1.54) is 32.3 Å². The Morgan fingerprint density at radius 1 is 1.00 bits per heavy atom. The maximum atomic E-state index is 13.1. The summed E-state index contributed by atoms with van der Waals surface area (Å²) in [6.45, 7) is 0. The summed E-state index contributed by atoms with van der Waals surface area (Å²) in [6, 6.07) is 6.12. The van der Waals surface area contributed by atoms with Crippen LogP contribution in [-0.2, 0) is 10.2 Å². The topological polar surface area (TPSA) is 87.2 Å². The average molecular weight is 329 g/mol. The van der Waals surface area contributed by atoms with Gasteiger partial charge in [-0.15, -0.1) is 10.2 Å². The van der Waals surface area contributed by atoms with E-state index >= 15 is 0 Å².